The minimum atomic E-state index is -1.74. The van der Waals surface area contributed by atoms with Crippen LogP contribution in [0.3, 0.4) is 0 Å². The zero-order chi connectivity index (χ0) is 8.85. The van der Waals surface area contributed by atoms with Gasteiger partial charge in [0.25, 0.3) is 0 Å². The van der Waals surface area contributed by atoms with Gasteiger partial charge in [-0.1, -0.05) is 0 Å². The maximum atomic E-state index is 10.6. The van der Waals surface area contributed by atoms with Gasteiger partial charge in [-0.2, -0.15) is 0 Å². The second-order valence-electron chi connectivity index (χ2n) is 1.99. The number of nitrogens with two attached hydrogens (primary N) is 2. The predicted molar refractivity (Wildman–Crippen MR) is 41.9 cm³/mol. The van der Waals surface area contributed by atoms with Gasteiger partial charge in [0.2, 0.25) is 5.91 Å². The van der Waals surface area contributed by atoms with Crippen molar-refractivity contribution in [2.75, 3.05) is 6.35 Å². The summed E-state index contributed by atoms with van der Waals surface area (Å²) in [6, 6.07) is -0.805. The van der Waals surface area contributed by atoms with Crippen LogP contribution in [0, 0.1) is 0 Å². The quantitative estimate of drug-likeness (QED) is 0.420. The van der Waals surface area contributed by atoms with E-state index in [1.807, 2.05) is 0 Å². The summed E-state index contributed by atoms with van der Waals surface area (Å²) in [6.07, 6.45) is -0.272. The van der Waals surface area contributed by atoms with Gasteiger partial charge >= 0.3 is 0 Å². The molecule has 0 saturated heterocycles. The first-order chi connectivity index (χ1) is 5.07. The first-order valence-electron chi connectivity index (χ1n) is 3.00. The van der Waals surface area contributed by atoms with Crippen LogP contribution in [0.5, 0.6) is 0 Å². The molecule has 0 heterocycles. The lowest BCUT2D eigenvalue weighted by molar-refractivity contribution is -0.155. The average Bonchev–Trinajstić information content (AvgIpc) is 1.99. The van der Waals surface area contributed by atoms with Gasteiger partial charge < -0.3 is 21.5 Å². The number of carbonyl (C=O) groups excluding carboxylic acids is 1. The lowest BCUT2D eigenvalue weighted by atomic mass is 10.2. The van der Waals surface area contributed by atoms with Gasteiger partial charge in [0.1, 0.15) is 0 Å². The Morgan fingerprint density at radius 1 is 1.82 bits per heavy atom. The molecule has 6 heteroatoms. The maximum Gasteiger partial charge on any atom is 0.234 e. The largest absolute Gasteiger partial charge is 0.629 e. The predicted octanol–water partition coefficient (Wildman–Crippen LogP) is -2.30. The van der Waals surface area contributed by atoms with Gasteiger partial charge in [-0.25, -0.2) is 0 Å². The molecule has 64 valence electrons. The SMILES string of the molecule is NC(=O)[C@H](N)CC=[P+]([O-])CO. The number of carbonyl (C=O) groups is 1. The number of aliphatic hydroxyl groups excluding tert-OH is 1. The van der Waals surface area contributed by atoms with E-state index in [0.717, 1.165) is 0 Å². The summed E-state index contributed by atoms with van der Waals surface area (Å²) in [6.45, 7) is 0. The fourth-order valence-corrected chi connectivity index (χ4v) is 0.983. The second-order valence-corrected chi connectivity index (χ2v) is 3.47. The zero-order valence-corrected chi connectivity index (χ0v) is 6.83. The van der Waals surface area contributed by atoms with E-state index >= 15 is 0 Å². The van der Waals surface area contributed by atoms with Crippen molar-refractivity contribution in [3.8, 4) is 0 Å². The van der Waals surface area contributed by atoms with Crippen molar-refractivity contribution in [1.29, 1.82) is 0 Å². The summed E-state index contributed by atoms with van der Waals surface area (Å²) in [7, 11) is -1.74. The Balaban J connectivity index is 3.78. The molecule has 0 aliphatic carbocycles. The van der Waals surface area contributed by atoms with E-state index in [1.54, 1.807) is 0 Å². The van der Waals surface area contributed by atoms with Gasteiger partial charge in [0.15, 0.2) is 6.35 Å². The van der Waals surface area contributed by atoms with Crippen molar-refractivity contribution in [3.05, 3.63) is 0 Å². The number of primary amides is 1. The van der Waals surface area contributed by atoms with Gasteiger partial charge in [0.05, 0.1) is 19.6 Å². The standard InChI is InChI=1S/C5H11N2O3P/c6-4(5(7)9)1-2-11(10)3-8/h2,4,8H,1,3,6H2,(H2,7,9)/t4-/m1/s1. The molecule has 0 fully saturated rings. The Morgan fingerprint density at radius 3 is 2.73 bits per heavy atom. The van der Waals surface area contributed by atoms with E-state index in [4.69, 9.17) is 16.6 Å². The molecular weight excluding hydrogens is 167 g/mol. The van der Waals surface area contributed by atoms with Crippen LogP contribution in [0.4, 0.5) is 0 Å². The number of aliphatic hydroxyl groups is 1. The summed E-state index contributed by atoms with van der Waals surface area (Å²) < 4.78 is 0. The minimum absolute atomic E-state index is 0.144. The van der Waals surface area contributed by atoms with Crippen LogP contribution in [0.25, 0.3) is 0 Å². The third-order valence-electron chi connectivity index (χ3n) is 1.07. The Hall–Kier alpha value is -0.480. The first-order valence-corrected chi connectivity index (χ1v) is 4.52. The van der Waals surface area contributed by atoms with E-state index in [-0.39, 0.29) is 6.42 Å². The van der Waals surface area contributed by atoms with E-state index in [1.165, 1.54) is 5.80 Å². The number of amides is 1. The molecule has 0 aliphatic heterocycles. The van der Waals surface area contributed by atoms with Gasteiger partial charge in [-0.3, -0.25) is 4.79 Å². The summed E-state index contributed by atoms with van der Waals surface area (Å²) in [4.78, 5) is 20.9. The molecule has 0 bridgehead atoms. The molecule has 0 saturated carbocycles. The molecule has 2 atom stereocenters. The summed E-state index contributed by atoms with van der Waals surface area (Å²) >= 11 is 0. The molecule has 0 rings (SSSR count). The van der Waals surface area contributed by atoms with Crippen LogP contribution in [0.15, 0.2) is 0 Å². The Bertz CT molecular complexity index is 171. The number of rotatable bonds is 4. The molecule has 0 aromatic carbocycles. The van der Waals surface area contributed by atoms with Crippen LogP contribution >= 0.6 is 7.77 Å². The normalized spacial score (nSPS) is 14.6. The second kappa shape index (κ2) is 5.21. The highest BCUT2D eigenvalue weighted by atomic mass is 31.1. The highest BCUT2D eigenvalue weighted by molar-refractivity contribution is 7.49. The summed E-state index contributed by atoms with van der Waals surface area (Å²) in [5.74, 6) is 0.660. The van der Waals surface area contributed by atoms with Gasteiger partial charge in [-0.05, 0) is 0 Å². The number of hydrogen-bond acceptors (Lipinski definition) is 4. The maximum absolute atomic E-state index is 10.6. The minimum Gasteiger partial charge on any atom is -0.629 e. The molecule has 0 aromatic heterocycles. The Kier molecular flexibility index (Phi) is 4.98. The van der Waals surface area contributed by atoms with Gasteiger partial charge in [0, 0.05) is 6.42 Å². The molecular formula is C5H11N2O3P. The molecule has 11 heavy (non-hydrogen) atoms. The van der Waals surface area contributed by atoms with Crippen molar-refractivity contribution in [2.45, 2.75) is 12.5 Å². The summed E-state index contributed by atoms with van der Waals surface area (Å²) in [5, 5.41) is 8.31. The van der Waals surface area contributed by atoms with E-state index in [2.05, 4.69) is 0 Å². The number of hydrogen-bond donors (Lipinski definition) is 3. The van der Waals surface area contributed by atoms with Crippen LogP contribution in [-0.2, 0) is 4.79 Å². The molecule has 0 spiro atoms. The molecule has 1 unspecified atom stereocenters. The van der Waals surface area contributed by atoms with Crippen molar-refractivity contribution in [2.24, 2.45) is 11.5 Å². The molecule has 5 nitrogen and oxygen atoms in total. The zero-order valence-electron chi connectivity index (χ0n) is 5.93. The first kappa shape index (κ1) is 10.5. The fraction of sp³-hybridized carbons (Fsp3) is 0.600. The average molecular weight is 178 g/mol. The topological polar surface area (TPSA) is 112 Å². The molecule has 0 aromatic rings. The van der Waals surface area contributed by atoms with Crippen LogP contribution < -0.4 is 16.4 Å². The van der Waals surface area contributed by atoms with Crippen LogP contribution in [-0.4, -0.2) is 29.2 Å². The summed E-state index contributed by atoms with van der Waals surface area (Å²) in [5.41, 5.74) is 10.0. The van der Waals surface area contributed by atoms with E-state index in [0.29, 0.717) is 0 Å². The fourth-order valence-electron chi connectivity index (χ4n) is 0.405. The van der Waals surface area contributed by atoms with Crippen molar-refractivity contribution in [1.82, 2.24) is 0 Å². The molecule has 0 radical (unpaired) electrons. The Labute approximate surface area is 65.5 Å². The highest BCUT2D eigenvalue weighted by Gasteiger charge is 2.08. The van der Waals surface area contributed by atoms with E-state index in [9.17, 15) is 9.69 Å². The van der Waals surface area contributed by atoms with Crippen molar-refractivity contribution >= 4 is 19.5 Å². The van der Waals surface area contributed by atoms with Gasteiger partial charge in [-0.15, -0.1) is 0 Å². The molecule has 1 amide bonds. The smallest absolute Gasteiger partial charge is 0.234 e. The third kappa shape index (κ3) is 4.86. The monoisotopic (exact) mass is 178 g/mol. The Morgan fingerprint density at radius 2 is 2.36 bits per heavy atom. The van der Waals surface area contributed by atoms with Crippen molar-refractivity contribution in [3.63, 3.8) is 0 Å². The van der Waals surface area contributed by atoms with E-state index < -0.39 is 26.1 Å². The molecule has 0 aliphatic rings. The third-order valence-corrected chi connectivity index (χ3v) is 1.96. The van der Waals surface area contributed by atoms with Crippen LogP contribution in [0.2, 0.25) is 0 Å². The van der Waals surface area contributed by atoms with Crippen LogP contribution in [0.1, 0.15) is 6.42 Å². The highest BCUT2D eigenvalue weighted by Crippen LogP contribution is 2.06. The van der Waals surface area contributed by atoms with Crippen molar-refractivity contribution < 1.29 is 14.8 Å². The molecule has 5 N–H and O–H groups in total. The lowest BCUT2D eigenvalue weighted by Crippen LogP contribution is -2.36. The lowest BCUT2D eigenvalue weighted by Gasteiger charge is -2.00.